The van der Waals surface area contributed by atoms with Crippen LogP contribution in [0.3, 0.4) is 0 Å². The number of nitrogens with two attached hydrogens (primary N) is 1. The topological polar surface area (TPSA) is 113 Å². The second-order valence-corrected chi connectivity index (χ2v) is 18.4. The van der Waals surface area contributed by atoms with Crippen molar-refractivity contribution in [2.75, 3.05) is 32.8 Å². The lowest BCUT2D eigenvalue weighted by molar-refractivity contribution is -0.270. The molecule has 2 heterocycles. The first-order valence-electron chi connectivity index (χ1n) is 21.3. The van der Waals surface area contributed by atoms with Gasteiger partial charge in [0, 0.05) is 43.4 Å². The van der Waals surface area contributed by atoms with Gasteiger partial charge in [-0.15, -0.1) is 18.5 Å². The van der Waals surface area contributed by atoms with Gasteiger partial charge in [0.05, 0.1) is 35.6 Å². The molecule has 1 aromatic rings. The van der Waals surface area contributed by atoms with Crippen molar-refractivity contribution >= 4 is 24.4 Å². The first kappa shape index (κ1) is 47.6. The first-order valence-corrected chi connectivity index (χ1v) is 22.7. The monoisotopic (exact) mass is 796 g/mol. The van der Waals surface area contributed by atoms with Crippen molar-refractivity contribution in [3.63, 3.8) is 0 Å². The highest BCUT2D eigenvalue weighted by Crippen LogP contribution is 2.45. The number of carbonyl (C=O) groups is 1. The third-order valence-electron chi connectivity index (χ3n) is 12.9. The minimum Gasteiger partial charge on any atom is -0.456 e. The molecule has 312 valence electrons. The highest BCUT2D eigenvalue weighted by molar-refractivity contribution is 7.17. The smallest absolute Gasteiger partial charge is 0.338 e. The number of nitrogens with one attached hydrogen (secondary N) is 2. The molecule has 0 radical (unpaired) electrons. The zero-order chi connectivity index (χ0) is 40.1. The van der Waals surface area contributed by atoms with Gasteiger partial charge in [0.15, 0.2) is 0 Å². The Morgan fingerprint density at radius 1 is 0.852 bits per heavy atom. The summed E-state index contributed by atoms with van der Waals surface area (Å²) < 4.78 is 35.3. The van der Waals surface area contributed by atoms with Crippen molar-refractivity contribution in [2.24, 2.45) is 29.4 Å². The molecule has 11 heteroatoms. The summed E-state index contributed by atoms with van der Waals surface area (Å²) in [6.45, 7) is 25.3. The Bertz CT molecular complexity index is 1200. The molecule has 4 N–H and O–H groups in total. The van der Waals surface area contributed by atoms with Crippen LogP contribution in [0, 0.1) is 23.7 Å². The summed E-state index contributed by atoms with van der Waals surface area (Å²) in [4.78, 5) is 13.9. The highest BCUT2D eigenvalue weighted by Gasteiger charge is 2.56. The molecule has 3 rings (SSSR count). The van der Waals surface area contributed by atoms with Crippen LogP contribution in [0.4, 0.5) is 0 Å². The normalized spacial score (nSPS) is 30.5. The predicted octanol–water partition coefficient (Wildman–Crippen LogP) is 7.60. The van der Waals surface area contributed by atoms with Crippen molar-refractivity contribution in [3.05, 3.63) is 35.9 Å². The lowest BCUT2D eigenvalue weighted by Crippen LogP contribution is -2.68. The standard InChI is InChI=1S/C43H79N3O6P2/c1-11-33-37(46-25-28(7)53)40(43(15-5,16-6)48-24-20-23-44)51-36(38(33)52-41(47)32-21-18-17-19-22-32)27-49-42(13-3,14-4)39-34(26-45-31(10)54)29(8)30(9)35(12-2)50-39/h17-19,21-22,28-31,33-40,45-46H,11-16,20,23-27,44,53-54H2,1-10H3. The first-order chi connectivity index (χ1) is 25.8. The minimum atomic E-state index is -0.568. The molecule has 1 aromatic carbocycles. The molecule has 2 fully saturated rings. The summed E-state index contributed by atoms with van der Waals surface area (Å²) in [6.07, 6.45) is 4.27. The minimum absolute atomic E-state index is 0.0567. The fourth-order valence-corrected chi connectivity index (χ4v) is 9.41. The van der Waals surface area contributed by atoms with Crippen LogP contribution in [0.5, 0.6) is 0 Å². The third kappa shape index (κ3) is 11.7. The van der Waals surface area contributed by atoms with E-state index in [1.165, 1.54) is 0 Å². The van der Waals surface area contributed by atoms with Crippen molar-refractivity contribution < 1.29 is 28.5 Å². The van der Waals surface area contributed by atoms with E-state index in [0.717, 1.165) is 58.0 Å². The number of benzene rings is 1. The molecule has 54 heavy (non-hydrogen) atoms. The Balaban J connectivity index is 2.13. The Kier molecular flexibility index (Phi) is 20.3. The van der Waals surface area contributed by atoms with E-state index in [9.17, 15) is 4.79 Å². The summed E-state index contributed by atoms with van der Waals surface area (Å²) in [5.41, 5.74) is 5.67. The van der Waals surface area contributed by atoms with Crippen LogP contribution in [0.15, 0.2) is 30.3 Å². The van der Waals surface area contributed by atoms with Crippen molar-refractivity contribution in [1.29, 1.82) is 0 Å². The van der Waals surface area contributed by atoms with Crippen molar-refractivity contribution in [3.8, 4) is 0 Å². The van der Waals surface area contributed by atoms with Gasteiger partial charge < -0.3 is 40.1 Å². The third-order valence-corrected chi connectivity index (χ3v) is 13.4. The average molecular weight is 796 g/mol. The molecule has 2 aliphatic heterocycles. The highest BCUT2D eigenvalue weighted by atomic mass is 31.0. The number of hydrogen-bond donors (Lipinski definition) is 3. The SMILES string of the molecule is CCC1OC(C(CC)(CC)OCC2OC(C(CC)(CC)OCCCN)C(NCC(C)P)C(CC)C2OC(=O)c2ccccc2)C(CNC(C)P)C(C)C1C. The summed E-state index contributed by atoms with van der Waals surface area (Å²) in [5.74, 6) is 1.01. The van der Waals surface area contributed by atoms with E-state index in [1.54, 1.807) is 0 Å². The fraction of sp³-hybridized carbons (Fsp3) is 0.837. The van der Waals surface area contributed by atoms with Crippen molar-refractivity contribution in [2.45, 2.75) is 173 Å². The number of hydrogen-bond acceptors (Lipinski definition) is 9. The van der Waals surface area contributed by atoms with E-state index in [1.807, 2.05) is 30.3 Å². The number of esters is 1. The van der Waals surface area contributed by atoms with Gasteiger partial charge in [-0.25, -0.2) is 4.79 Å². The zero-order valence-electron chi connectivity index (χ0n) is 35.5. The summed E-state index contributed by atoms with van der Waals surface area (Å²) >= 11 is 0. The molecule has 0 spiro atoms. The van der Waals surface area contributed by atoms with Gasteiger partial charge in [-0.05, 0) is 88.0 Å². The Labute approximate surface area is 334 Å². The summed E-state index contributed by atoms with van der Waals surface area (Å²) in [5, 5.41) is 7.59. The molecule has 9 nitrogen and oxygen atoms in total. The largest absolute Gasteiger partial charge is 0.456 e. The quantitative estimate of drug-likeness (QED) is 0.0586. The van der Waals surface area contributed by atoms with Gasteiger partial charge >= 0.3 is 5.97 Å². The van der Waals surface area contributed by atoms with Crippen LogP contribution < -0.4 is 16.4 Å². The van der Waals surface area contributed by atoms with Crippen LogP contribution >= 0.6 is 18.5 Å². The zero-order valence-corrected chi connectivity index (χ0v) is 37.8. The van der Waals surface area contributed by atoms with E-state index >= 15 is 0 Å². The average Bonchev–Trinajstić information content (AvgIpc) is 3.17. The van der Waals surface area contributed by atoms with Crippen LogP contribution in [-0.2, 0) is 23.7 Å². The maximum absolute atomic E-state index is 13.9. The summed E-state index contributed by atoms with van der Waals surface area (Å²) in [6, 6.07) is 9.16. The molecule has 0 bridgehead atoms. The molecular weight excluding hydrogens is 716 g/mol. The van der Waals surface area contributed by atoms with E-state index < -0.39 is 23.4 Å². The van der Waals surface area contributed by atoms with Gasteiger partial charge in [-0.3, -0.25) is 0 Å². The molecule has 2 aliphatic rings. The van der Waals surface area contributed by atoms with Crippen molar-refractivity contribution in [1.82, 2.24) is 10.6 Å². The van der Waals surface area contributed by atoms with Gasteiger partial charge in [-0.1, -0.05) is 80.5 Å². The van der Waals surface area contributed by atoms with Crippen LogP contribution in [0.1, 0.15) is 125 Å². The summed E-state index contributed by atoms with van der Waals surface area (Å²) in [7, 11) is 5.78. The lowest BCUT2D eigenvalue weighted by Gasteiger charge is -2.54. The Morgan fingerprint density at radius 2 is 1.46 bits per heavy atom. The molecule has 0 amide bonds. The molecule has 14 atom stereocenters. The number of carbonyl (C=O) groups excluding carboxylic acids is 1. The van der Waals surface area contributed by atoms with Gasteiger partial charge in [0.25, 0.3) is 0 Å². The number of ether oxygens (including phenoxy) is 5. The maximum atomic E-state index is 13.9. The second kappa shape index (κ2) is 23.0. The molecule has 0 aromatic heterocycles. The number of rotatable bonds is 23. The molecule has 0 saturated carbocycles. The second-order valence-electron chi connectivity index (χ2n) is 16.2. The molecule has 14 unspecified atom stereocenters. The lowest BCUT2D eigenvalue weighted by atomic mass is 9.69. The van der Waals surface area contributed by atoms with E-state index in [0.29, 0.717) is 36.2 Å². The van der Waals surface area contributed by atoms with E-state index in [2.05, 4.69) is 98.4 Å². The fourth-order valence-electron chi connectivity index (χ4n) is 9.13. The van der Waals surface area contributed by atoms with Gasteiger partial charge in [0.2, 0.25) is 0 Å². The molecular formula is C43H79N3O6P2. The van der Waals surface area contributed by atoms with E-state index in [-0.39, 0.29) is 54.5 Å². The van der Waals surface area contributed by atoms with Gasteiger partial charge in [0.1, 0.15) is 18.3 Å². The van der Waals surface area contributed by atoms with Crippen LogP contribution in [0.25, 0.3) is 0 Å². The molecule has 2 saturated heterocycles. The maximum Gasteiger partial charge on any atom is 0.338 e. The Morgan fingerprint density at radius 3 is 2.00 bits per heavy atom. The van der Waals surface area contributed by atoms with Crippen LogP contribution in [-0.4, -0.2) is 98.0 Å². The molecule has 0 aliphatic carbocycles. The predicted molar refractivity (Wildman–Crippen MR) is 229 cm³/mol. The van der Waals surface area contributed by atoms with E-state index in [4.69, 9.17) is 29.4 Å². The van der Waals surface area contributed by atoms with Crippen LogP contribution in [0.2, 0.25) is 0 Å². The van der Waals surface area contributed by atoms with Gasteiger partial charge in [-0.2, -0.15) is 0 Å². The Hall–Kier alpha value is -0.730.